The summed E-state index contributed by atoms with van der Waals surface area (Å²) in [5.41, 5.74) is -0.178. The van der Waals surface area contributed by atoms with E-state index in [-0.39, 0.29) is 22.8 Å². The number of nitrogens with zero attached hydrogens (tertiary/aromatic N) is 1. The Hall–Kier alpha value is -2.81. The molecule has 0 aliphatic rings. The Kier molecular flexibility index (Phi) is 4.87. The van der Waals surface area contributed by atoms with Crippen molar-refractivity contribution in [1.82, 2.24) is 0 Å². The van der Waals surface area contributed by atoms with Crippen LogP contribution in [0.15, 0.2) is 24.3 Å². The third-order valence-electron chi connectivity index (χ3n) is 2.27. The number of rotatable bonds is 4. The molecule has 0 unspecified atom stereocenters. The van der Waals surface area contributed by atoms with Crippen molar-refractivity contribution < 1.29 is 24.5 Å². The Morgan fingerprint density at radius 1 is 1.40 bits per heavy atom. The highest BCUT2D eigenvalue weighted by Crippen LogP contribution is 2.23. The van der Waals surface area contributed by atoms with Gasteiger partial charge in [-0.05, 0) is 37.6 Å². The number of esters is 1. The van der Waals surface area contributed by atoms with Crippen LogP contribution in [0.1, 0.15) is 29.8 Å². The molecular formula is C14H13NO5. The number of benzene rings is 1. The highest BCUT2D eigenvalue weighted by molar-refractivity contribution is 5.97. The van der Waals surface area contributed by atoms with Gasteiger partial charge >= 0.3 is 11.9 Å². The second kappa shape index (κ2) is 6.38. The lowest BCUT2D eigenvalue weighted by molar-refractivity contribution is -0.141. The number of aromatic hydroxyl groups is 1. The second-order valence-electron chi connectivity index (χ2n) is 4.19. The number of aromatic carboxylic acids is 1. The van der Waals surface area contributed by atoms with Crippen LogP contribution < -0.4 is 0 Å². The summed E-state index contributed by atoms with van der Waals surface area (Å²) in [7, 11) is 0. The number of carbonyl (C=O) groups excluding carboxylic acids is 1. The molecule has 104 valence electrons. The van der Waals surface area contributed by atoms with Crippen LogP contribution in [0.3, 0.4) is 0 Å². The molecule has 0 atom stereocenters. The van der Waals surface area contributed by atoms with E-state index < -0.39 is 17.7 Å². The molecule has 0 saturated carbocycles. The van der Waals surface area contributed by atoms with Gasteiger partial charge in [0.2, 0.25) is 0 Å². The maximum absolute atomic E-state index is 11.5. The molecule has 0 amide bonds. The van der Waals surface area contributed by atoms with Crippen molar-refractivity contribution in [1.29, 1.82) is 5.26 Å². The zero-order valence-corrected chi connectivity index (χ0v) is 11.0. The van der Waals surface area contributed by atoms with E-state index in [0.717, 1.165) is 18.2 Å². The van der Waals surface area contributed by atoms with Gasteiger partial charge in [-0.1, -0.05) is 0 Å². The topological polar surface area (TPSA) is 108 Å². The van der Waals surface area contributed by atoms with Crippen molar-refractivity contribution in [2.45, 2.75) is 20.0 Å². The van der Waals surface area contributed by atoms with Crippen molar-refractivity contribution in [2.75, 3.05) is 0 Å². The molecule has 1 aromatic carbocycles. The number of hydrogen-bond acceptors (Lipinski definition) is 5. The lowest BCUT2D eigenvalue weighted by Gasteiger charge is -2.06. The summed E-state index contributed by atoms with van der Waals surface area (Å²) < 4.78 is 4.87. The molecule has 2 N–H and O–H groups in total. The quantitative estimate of drug-likeness (QED) is 0.494. The van der Waals surface area contributed by atoms with Crippen molar-refractivity contribution in [3.05, 3.63) is 35.4 Å². The van der Waals surface area contributed by atoms with E-state index in [1.165, 1.54) is 6.07 Å². The molecule has 0 bridgehead atoms. The van der Waals surface area contributed by atoms with Gasteiger partial charge in [0, 0.05) is 6.08 Å². The number of ether oxygens (including phenoxy) is 1. The fraction of sp³-hybridized carbons (Fsp3) is 0.214. The number of carboxylic acids is 1. The van der Waals surface area contributed by atoms with E-state index in [1.54, 1.807) is 19.9 Å². The van der Waals surface area contributed by atoms with Gasteiger partial charge in [0.1, 0.15) is 17.4 Å². The zero-order valence-electron chi connectivity index (χ0n) is 11.0. The van der Waals surface area contributed by atoms with Gasteiger partial charge in [-0.3, -0.25) is 0 Å². The summed E-state index contributed by atoms with van der Waals surface area (Å²) in [6.45, 7) is 3.34. The number of carboxylic acid groups (broad SMARTS) is 1. The molecule has 0 heterocycles. The molecule has 0 fully saturated rings. The van der Waals surface area contributed by atoms with Crippen molar-refractivity contribution in [2.24, 2.45) is 0 Å². The molecule has 1 rings (SSSR count). The fourth-order valence-corrected chi connectivity index (χ4v) is 1.44. The van der Waals surface area contributed by atoms with Gasteiger partial charge in [-0.25, -0.2) is 9.59 Å². The molecule has 0 aliphatic heterocycles. The third-order valence-corrected chi connectivity index (χ3v) is 2.27. The molecule has 0 aromatic heterocycles. The highest BCUT2D eigenvalue weighted by atomic mass is 16.5. The van der Waals surface area contributed by atoms with Gasteiger partial charge in [-0.15, -0.1) is 0 Å². The van der Waals surface area contributed by atoms with Crippen LogP contribution in [0.5, 0.6) is 5.75 Å². The molecule has 6 heteroatoms. The summed E-state index contributed by atoms with van der Waals surface area (Å²) in [6, 6.07) is 5.41. The Labute approximate surface area is 115 Å². The number of hydrogen-bond donors (Lipinski definition) is 2. The number of phenols is 1. The molecule has 1 aromatic rings. The normalized spacial score (nSPS) is 11.0. The van der Waals surface area contributed by atoms with Crippen molar-refractivity contribution >= 4 is 17.5 Å². The van der Waals surface area contributed by atoms with Crippen LogP contribution in [0, 0.1) is 11.3 Å². The first-order valence-corrected chi connectivity index (χ1v) is 5.74. The molecule has 0 aliphatic carbocycles. The van der Waals surface area contributed by atoms with Crippen LogP contribution in [-0.4, -0.2) is 28.3 Å². The maximum Gasteiger partial charge on any atom is 0.339 e. The van der Waals surface area contributed by atoms with E-state index in [9.17, 15) is 14.7 Å². The Bertz CT molecular complexity index is 610. The average Bonchev–Trinajstić information content (AvgIpc) is 2.35. The van der Waals surface area contributed by atoms with Gasteiger partial charge < -0.3 is 14.9 Å². The predicted octanol–water partition coefficient (Wildman–Crippen LogP) is 1.95. The Morgan fingerprint density at radius 2 is 2.05 bits per heavy atom. The molecule has 0 saturated heterocycles. The first-order valence-electron chi connectivity index (χ1n) is 5.74. The predicted molar refractivity (Wildman–Crippen MR) is 69.9 cm³/mol. The third kappa shape index (κ3) is 3.85. The SMILES string of the molecule is CC(C)OC(=O)C=C(C#N)c1ccc(O)c(C(=O)O)c1. The van der Waals surface area contributed by atoms with Crippen LogP contribution in [0.4, 0.5) is 0 Å². The van der Waals surface area contributed by atoms with Crippen LogP contribution in [0.2, 0.25) is 0 Å². The molecular weight excluding hydrogens is 262 g/mol. The Balaban J connectivity index is 3.17. The summed E-state index contributed by atoms with van der Waals surface area (Å²) in [6.07, 6.45) is 0.658. The molecule has 20 heavy (non-hydrogen) atoms. The van der Waals surface area contributed by atoms with E-state index in [0.29, 0.717) is 0 Å². The van der Waals surface area contributed by atoms with Crippen LogP contribution in [-0.2, 0) is 9.53 Å². The van der Waals surface area contributed by atoms with E-state index in [4.69, 9.17) is 15.1 Å². The highest BCUT2D eigenvalue weighted by Gasteiger charge is 2.13. The summed E-state index contributed by atoms with van der Waals surface area (Å²) >= 11 is 0. The van der Waals surface area contributed by atoms with Gasteiger partial charge in [0.15, 0.2) is 0 Å². The lowest BCUT2D eigenvalue weighted by Crippen LogP contribution is -2.09. The van der Waals surface area contributed by atoms with E-state index in [1.807, 2.05) is 0 Å². The largest absolute Gasteiger partial charge is 0.507 e. The minimum Gasteiger partial charge on any atom is -0.507 e. The van der Waals surface area contributed by atoms with E-state index in [2.05, 4.69) is 0 Å². The second-order valence-corrected chi connectivity index (χ2v) is 4.19. The molecule has 6 nitrogen and oxygen atoms in total. The smallest absolute Gasteiger partial charge is 0.339 e. The maximum atomic E-state index is 11.5. The summed E-state index contributed by atoms with van der Waals surface area (Å²) in [5.74, 6) is -2.43. The summed E-state index contributed by atoms with van der Waals surface area (Å²) in [5, 5.41) is 27.3. The number of allylic oxidation sites excluding steroid dienone is 1. The standard InChI is InChI=1S/C14H13NO5/c1-8(2)20-13(17)6-10(7-15)9-3-4-12(16)11(5-9)14(18)19/h3-6,8,16H,1-2H3,(H,18,19). The monoisotopic (exact) mass is 275 g/mol. The van der Waals surface area contributed by atoms with Crippen LogP contribution >= 0.6 is 0 Å². The Morgan fingerprint density at radius 3 is 2.55 bits per heavy atom. The number of carbonyl (C=O) groups is 2. The minimum absolute atomic E-state index is 0.0434. The van der Waals surface area contributed by atoms with E-state index >= 15 is 0 Å². The van der Waals surface area contributed by atoms with Gasteiger partial charge in [-0.2, -0.15) is 5.26 Å². The number of nitriles is 1. The van der Waals surface area contributed by atoms with Gasteiger partial charge in [0.25, 0.3) is 0 Å². The molecule has 0 radical (unpaired) electrons. The van der Waals surface area contributed by atoms with Crippen molar-refractivity contribution in [3.8, 4) is 11.8 Å². The lowest BCUT2D eigenvalue weighted by atomic mass is 10.0. The zero-order chi connectivity index (χ0) is 15.3. The fourth-order valence-electron chi connectivity index (χ4n) is 1.44. The van der Waals surface area contributed by atoms with Gasteiger partial charge in [0.05, 0.1) is 11.7 Å². The minimum atomic E-state index is -1.33. The first kappa shape index (κ1) is 15.2. The summed E-state index contributed by atoms with van der Waals surface area (Å²) in [4.78, 5) is 22.4. The van der Waals surface area contributed by atoms with Crippen molar-refractivity contribution in [3.63, 3.8) is 0 Å². The molecule has 0 spiro atoms. The van der Waals surface area contributed by atoms with Crippen LogP contribution in [0.25, 0.3) is 5.57 Å². The average molecular weight is 275 g/mol. The first-order chi connectivity index (χ1) is 9.35.